The Labute approximate surface area is 251 Å². The predicted molar refractivity (Wildman–Crippen MR) is 149 cm³/mol. The molecule has 0 saturated carbocycles. The van der Waals surface area contributed by atoms with Gasteiger partial charge in [0, 0.05) is 57.3 Å². The Kier molecular flexibility index (Phi) is 10.7. The molecule has 1 aliphatic heterocycles. The second-order valence-electron chi connectivity index (χ2n) is 10.4. The van der Waals surface area contributed by atoms with Crippen LogP contribution in [0.25, 0.3) is 11.1 Å². The van der Waals surface area contributed by atoms with E-state index in [1.807, 2.05) is 31.2 Å². The van der Waals surface area contributed by atoms with Crippen LogP contribution in [0.5, 0.6) is 0 Å². The van der Waals surface area contributed by atoms with Crippen LogP contribution in [0.1, 0.15) is 23.6 Å². The van der Waals surface area contributed by atoms with Crippen LogP contribution in [-0.2, 0) is 33.0 Å². The molecule has 3 aromatic rings. The maximum absolute atomic E-state index is 13.2. The van der Waals surface area contributed by atoms with Crippen molar-refractivity contribution in [1.29, 1.82) is 0 Å². The fourth-order valence-corrected chi connectivity index (χ4v) is 5.05. The van der Waals surface area contributed by atoms with Gasteiger partial charge in [-0.05, 0) is 41.3 Å². The molecule has 238 valence electrons. The van der Waals surface area contributed by atoms with Gasteiger partial charge in [0.1, 0.15) is 12.6 Å². The quantitative estimate of drug-likeness (QED) is 0.176. The molecule has 13 heteroatoms. The lowest BCUT2D eigenvalue weighted by molar-refractivity contribution is -0.376. The van der Waals surface area contributed by atoms with Crippen LogP contribution in [0.2, 0.25) is 0 Å². The van der Waals surface area contributed by atoms with Crippen molar-refractivity contribution in [3.8, 4) is 11.1 Å². The first-order chi connectivity index (χ1) is 20.8. The molecule has 1 aromatic heterocycles. The van der Waals surface area contributed by atoms with Crippen LogP contribution in [0.4, 0.5) is 26.3 Å². The maximum atomic E-state index is 13.2. The smallest absolute Gasteiger partial charge is 0.430 e. The van der Waals surface area contributed by atoms with Gasteiger partial charge in [0.2, 0.25) is 0 Å². The van der Waals surface area contributed by atoms with E-state index in [-0.39, 0.29) is 12.6 Å². The minimum Gasteiger partial charge on any atom is -0.462 e. The van der Waals surface area contributed by atoms with Crippen LogP contribution in [0.3, 0.4) is 0 Å². The molecular weight excluding hydrogens is 592 g/mol. The Balaban J connectivity index is 1.43. The molecule has 0 aliphatic carbocycles. The fourth-order valence-electron chi connectivity index (χ4n) is 5.05. The number of benzene rings is 2. The van der Waals surface area contributed by atoms with Gasteiger partial charge in [-0.3, -0.25) is 19.6 Å². The predicted octanol–water partition coefficient (Wildman–Crippen LogP) is 5.33. The highest BCUT2D eigenvalue weighted by atomic mass is 19.4. The fraction of sp³-hybridized carbons (Fsp3) is 0.419. The minimum atomic E-state index is -5.95. The Morgan fingerprint density at radius 2 is 1.41 bits per heavy atom. The number of alkyl halides is 6. The Morgan fingerprint density at radius 3 is 1.98 bits per heavy atom. The first-order valence-electron chi connectivity index (χ1n) is 14.0. The van der Waals surface area contributed by atoms with E-state index in [0.29, 0.717) is 69.2 Å². The Hall–Kier alpha value is -3.52. The zero-order chi connectivity index (χ0) is 32.0. The van der Waals surface area contributed by atoms with Crippen molar-refractivity contribution in [3.63, 3.8) is 0 Å². The number of ether oxygens (including phenoxy) is 2. The molecular formula is C31H33F6N3O4. The Bertz CT molecular complexity index is 1340. The van der Waals surface area contributed by atoms with Gasteiger partial charge in [0.25, 0.3) is 5.60 Å². The zero-order valence-electron chi connectivity index (χ0n) is 23.9. The highest BCUT2D eigenvalue weighted by Gasteiger charge is 2.71. The van der Waals surface area contributed by atoms with E-state index < -0.39 is 29.6 Å². The van der Waals surface area contributed by atoms with Gasteiger partial charge < -0.3 is 14.6 Å². The number of aromatic nitrogens is 1. The van der Waals surface area contributed by atoms with Gasteiger partial charge in [-0.15, -0.1) is 0 Å². The standard InChI is InChI=1S/C31H33F6N3O4/c1-2-43-17-18-44-28(41)27-21-39(15-16-40(27)20-23-11-13-38-14-12-23)19-22-3-5-24(6-4-22)25-7-9-26(10-8-25)29(42,30(32,33)34)31(35,36)37/h3-14,27,42H,2,15-21H2,1H3/t27-/m1/s1. The van der Waals surface area contributed by atoms with Crippen LogP contribution in [-0.4, -0.2) is 83.7 Å². The number of hydrogen-bond donors (Lipinski definition) is 1. The lowest BCUT2D eigenvalue weighted by atomic mass is 9.90. The summed E-state index contributed by atoms with van der Waals surface area (Å²) in [6.07, 6.45) is -8.50. The van der Waals surface area contributed by atoms with Crippen molar-refractivity contribution in [3.05, 3.63) is 89.7 Å². The van der Waals surface area contributed by atoms with Crippen molar-refractivity contribution in [2.45, 2.75) is 44.0 Å². The lowest BCUT2D eigenvalue weighted by Crippen LogP contribution is -2.56. The highest BCUT2D eigenvalue weighted by molar-refractivity contribution is 5.76. The number of halogens is 6. The first kappa shape index (κ1) is 33.4. The number of rotatable bonds is 11. The third kappa shape index (κ3) is 7.76. The highest BCUT2D eigenvalue weighted by Crippen LogP contribution is 2.50. The van der Waals surface area contributed by atoms with Crippen LogP contribution in [0.15, 0.2) is 73.1 Å². The van der Waals surface area contributed by atoms with E-state index in [1.165, 1.54) is 0 Å². The molecule has 0 unspecified atom stereocenters. The number of hydrogen-bond acceptors (Lipinski definition) is 7. The third-order valence-corrected chi connectivity index (χ3v) is 7.48. The van der Waals surface area contributed by atoms with Gasteiger partial charge in [-0.1, -0.05) is 48.5 Å². The van der Waals surface area contributed by atoms with Crippen LogP contribution >= 0.6 is 0 Å². The largest absolute Gasteiger partial charge is 0.462 e. The first-order valence-corrected chi connectivity index (χ1v) is 14.0. The average Bonchev–Trinajstić information content (AvgIpc) is 2.99. The molecule has 2 aromatic carbocycles. The molecule has 1 N–H and O–H groups in total. The molecule has 0 radical (unpaired) electrons. The molecule has 0 spiro atoms. The zero-order valence-corrected chi connectivity index (χ0v) is 23.9. The molecule has 4 rings (SSSR count). The second kappa shape index (κ2) is 14.1. The summed E-state index contributed by atoms with van der Waals surface area (Å²) in [6, 6.07) is 13.8. The molecule has 1 aliphatic rings. The van der Waals surface area contributed by atoms with Crippen molar-refractivity contribution >= 4 is 5.97 Å². The summed E-state index contributed by atoms with van der Waals surface area (Å²) < 4.78 is 90.0. The molecule has 0 bridgehead atoms. The van der Waals surface area contributed by atoms with Crippen molar-refractivity contribution in [2.75, 3.05) is 39.5 Å². The minimum absolute atomic E-state index is 0.153. The van der Waals surface area contributed by atoms with Crippen molar-refractivity contribution in [2.24, 2.45) is 0 Å². The van der Waals surface area contributed by atoms with Crippen molar-refractivity contribution < 1.29 is 45.7 Å². The van der Waals surface area contributed by atoms with Crippen molar-refractivity contribution in [1.82, 2.24) is 14.8 Å². The van der Waals surface area contributed by atoms with Gasteiger partial charge in [-0.25, -0.2) is 0 Å². The van der Waals surface area contributed by atoms with Gasteiger partial charge in [-0.2, -0.15) is 26.3 Å². The monoisotopic (exact) mass is 625 g/mol. The number of nitrogens with zero attached hydrogens (tertiary/aromatic N) is 3. The number of piperazine rings is 1. The SMILES string of the molecule is CCOCCOC(=O)[C@H]1CN(Cc2ccc(-c3ccc(C(O)(C(F)(F)F)C(F)(F)F)cc3)cc2)CCN1Cc1ccncc1. The van der Waals surface area contributed by atoms with Gasteiger partial charge in [0.05, 0.1) is 6.61 Å². The summed E-state index contributed by atoms with van der Waals surface area (Å²) in [6.45, 7) is 5.61. The van der Waals surface area contributed by atoms with E-state index in [9.17, 15) is 36.2 Å². The topological polar surface area (TPSA) is 75.1 Å². The number of esters is 1. The lowest BCUT2D eigenvalue weighted by Gasteiger charge is -2.40. The van der Waals surface area contributed by atoms with E-state index >= 15 is 0 Å². The second-order valence-corrected chi connectivity index (χ2v) is 10.4. The maximum Gasteiger partial charge on any atom is 0.430 e. The molecule has 7 nitrogen and oxygen atoms in total. The van der Waals surface area contributed by atoms with E-state index in [2.05, 4.69) is 14.8 Å². The summed E-state index contributed by atoms with van der Waals surface area (Å²) in [4.78, 5) is 21.3. The molecule has 1 saturated heterocycles. The number of aliphatic hydroxyl groups is 1. The number of carbonyl (C=O) groups excluding carboxylic acids is 1. The summed E-state index contributed by atoms with van der Waals surface area (Å²) in [5.74, 6) is -0.342. The molecule has 1 fully saturated rings. The number of carbonyl (C=O) groups is 1. The summed E-state index contributed by atoms with van der Waals surface area (Å²) in [5, 5.41) is 9.62. The summed E-state index contributed by atoms with van der Waals surface area (Å²) in [5.41, 5.74) is -3.41. The molecule has 44 heavy (non-hydrogen) atoms. The normalized spacial score (nSPS) is 17.0. The number of pyridine rings is 1. The summed E-state index contributed by atoms with van der Waals surface area (Å²) in [7, 11) is 0. The van der Waals surface area contributed by atoms with E-state index in [0.717, 1.165) is 23.3 Å². The van der Waals surface area contributed by atoms with E-state index in [4.69, 9.17) is 9.47 Å². The molecule has 0 amide bonds. The average molecular weight is 626 g/mol. The van der Waals surface area contributed by atoms with Gasteiger partial charge in [0.15, 0.2) is 0 Å². The Morgan fingerprint density at radius 1 is 0.841 bits per heavy atom. The molecule has 2 heterocycles. The third-order valence-electron chi connectivity index (χ3n) is 7.48. The van der Waals surface area contributed by atoms with Crippen LogP contribution in [0, 0.1) is 0 Å². The van der Waals surface area contributed by atoms with E-state index in [1.54, 1.807) is 24.5 Å². The summed E-state index contributed by atoms with van der Waals surface area (Å²) >= 11 is 0. The molecule has 1 atom stereocenters. The van der Waals surface area contributed by atoms with Gasteiger partial charge >= 0.3 is 18.3 Å². The van der Waals surface area contributed by atoms with Crippen LogP contribution < -0.4 is 0 Å².